The number of hydrogen-bond donors (Lipinski definition) is 5. The third-order valence-electron chi connectivity index (χ3n) is 5.58. The van der Waals surface area contributed by atoms with Crippen molar-refractivity contribution >= 4 is 42.6 Å². The summed E-state index contributed by atoms with van der Waals surface area (Å²) in [6.07, 6.45) is 0.793. The topological polar surface area (TPSA) is 245 Å². The molecule has 0 rings (SSSR count). The van der Waals surface area contributed by atoms with Gasteiger partial charge in [0, 0.05) is 25.8 Å². The molecule has 0 aromatic rings. The summed E-state index contributed by atoms with van der Waals surface area (Å²) in [6.45, 7) is 4.03. The van der Waals surface area contributed by atoms with E-state index >= 15 is 0 Å². The fourth-order valence-electron chi connectivity index (χ4n) is 3.37. The summed E-state index contributed by atoms with van der Waals surface area (Å²) in [5.74, 6) is -3.14. The molecule has 234 valence electrons. The highest BCUT2D eigenvalue weighted by atomic mass is 16.5. The van der Waals surface area contributed by atoms with E-state index in [1.54, 1.807) is 13.8 Å². The monoisotopic (exact) mass is 589 g/mol. The summed E-state index contributed by atoms with van der Waals surface area (Å²) in [4.78, 5) is 82.5. The molecule has 0 aliphatic carbocycles. The van der Waals surface area contributed by atoms with Crippen LogP contribution in [0.5, 0.6) is 0 Å². The van der Waals surface area contributed by atoms with E-state index in [4.69, 9.17) is 20.9 Å². The summed E-state index contributed by atoms with van der Waals surface area (Å²) < 4.78 is 18.9. The van der Waals surface area contributed by atoms with Crippen LogP contribution in [0.25, 0.3) is 0 Å². The molecular formula is C25H43N5O11. The Morgan fingerprint density at radius 2 is 1.27 bits per heavy atom. The summed E-state index contributed by atoms with van der Waals surface area (Å²) >= 11 is 0. The Labute approximate surface area is 238 Å². The van der Waals surface area contributed by atoms with E-state index in [1.165, 1.54) is 0 Å². The maximum atomic E-state index is 13.2. The maximum absolute atomic E-state index is 13.2. The predicted molar refractivity (Wildman–Crippen MR) is 142 cm³/mol. The number of rotatable bonds is 24. The van der Waals surface area contributed by atoms with Crippen molar-refractivity contribution in [3.05, 3.63) is 0 Å². The van der Waals surface area contributed by atoms with Crippen molar-refractivity contribution in [2.24, 2.45) is 11.5 Å². The van der Waals surface area contributed by atoms with Crippen LogP contribution < -0.4 is 27.4 Å². The lowest BCUT2D eigenvalue weighted by atomic mass is 10.1. The largest absolute Gasteiger partial charge is 0.468 e. The number of amides is 3. The zero-order valence-corrected chi connectivity index (χ0v) is 23.6. The van der Waals surface area contributed by atoms with Gasteiger partial charge in [0.15, 0.2) is 0 Å². The fraction of sp³-hybridized carbons (Fsp3) is 0.720. The van der Waals surface area contributed by atoms with Gasteiger partial charge in [-0.25, -0.2) is 4.79 Å². The van der Waals surface area contributed by atoms with E-state index in [-0.39, 0.29) is 78.0 Å². The fourth-order valence-corrected chi connectivity index (χ4v) is 3.37. The van der Waals surface area contributed by atoms with E-state index in [1.807, 2.05) is 0 Å². The Hall–Kier alpha value is -3.79. The van der Waals surface area contributed by atoms with E-state index in [2.05, 4.69) is 25.4 Å². The minimum absolute atomic E-state index is 0.00453. The number of hydrogen-bond acceptors (Lipinski definition) is 13. The molecule has 3 amide bonds. The Balaban J connectivity index is 5.26. The molecule has 0 saturated heterocycles. The first-order valence-corrected chi connectivity index (χ1v) is 13.4. The molecule has 16 heteroatoms. The number of nitrogens with one attached hydrogen (secondary N) is 3. The van der Waals surface area contributed by atoms with Crippen molar-refractivity contribution in [3.63, 3.8) is 0 Å². The van der Waals surface area contributed by atoms with E-state index < -0.39 is 53.8 Å². The molecule has 0 bridgehead atoms. The molecule has 16 nitrogen and oxygen atoms in total. The first kappa shape index (κ1) is 37.2. The average Bonchev–Trinajstić information content (AvgIpc) is 2.94. The van der Waals surface area contributed by atoms with Gasteiger partial charge in [-0.05, 0) is 39.5 Å². The Morgan fingerprint density at radius 1 is 0.707 bits per heavy atom. The molecule has 41 heavy (non-hydrogen) atoms. The van der Waals surface area contributed by atoms with Crippen LogP contribution >= 0.6 is 0 Å². The van der Waals surface area contributed by atoms with Crippen molar-refractivity contribution in [2.45, 2.75) is 83.0 Å². The minimum Gasteiger partial charge on any atom is -0.468 e. The zero-order chi connectivity index (χ0) is 31.0. The summed E-state index contributed by atoms with van der Waals surface area (Å²) in [5.41, 5.74) is 11.6. The molecule has 0 radical (unpaired) electrons. The number of carbonyl (C=O) groups excluding carboxylic acids is 7. The van der Waals surface area contributed by atoms with Crippen molar-refractivity contribution in [1.82, 2.24) is 16.0 Å². The van der Waals surface area contributed by atoms with Gasteiger partial charge in [0.25, 0.3) is 12.9 Å². The van der Waals surface area contributed by atoms with Crippen molar-refractivity contribution < 1.29 is 52.5 Å². The van der Waals surface area contributed by atoms with Gasteiger partial charge in [0.1, 0.15) is 12.1 Å². The van der Waals surface area contributed by atoms with Crippen LogP contribution in [-0.2, 0) is 52.5 Å². The van der Waals surface area contributed by atoms with Gasteiger partial charge in [0.05, 0.1) is 38.5 Å². The van der Waals surface area contributed by atoms with Crippen molar-refractivity contribution in [1.29, 1.82) is 0 Å². The van der Waals surface area contributed by atoms with Gasteiger partial charge in [-0.2, -0.15) is 0 Å². The summed E-state index contributed by atoms with van der Waals surface area (Å²) in [7, 11) is 0. The molecule has 0 fully saturated rings. The third kappa shape index (κ3) is 17.5. The van der Waals surface area contributed by atoms with E-state index in [9.17, 15) is 33.6 Å². The normalized spacial score (nSPS) is 13.4. The molecule has 0 spiro atoms. The third-order valence-corrected chi connectivity index (χ3v) is 5.58. The first-order valence-electron chi connectivity index (χ1n) is 13.4. The van der Waals surface area contributed by atoms with Crippen LogP contribution in [0.3, 0.4) is 0 Å². The second-order valence-electron chi connectivity index (χ2n) is 8.73. The van der Waals surface area contributed by atoms with Gasteiger partial charge in [-0.1, -0.05) is 0 Å². The highest BCUT2D eigenvalue weighted by Crippen LogP contribution is 2.07. The van der Waals surface area contributed by atoms with Gasteiger partial charge in [-0.3, -0.25) is 28.8 Å². The number of nitrogens with two attached hydrogens (primary N) is 2. The summed E-state index contributed by atoms with van der Waals surface area (Å²) in [6, 6.07) is -4.26. The molecule has 4 atom stereocenters. The van der Waals surface area contributed by atoms with Crippen molar-refractivity contribution in [3.8, 4) is 0 Å². The molecule has 0 heterocycles. The SMILES string of the molecule is CCOC(=O)CCC(NC(=O)C(CCCCNC(=O)C(N)CCOC=O)NC(=O)C(N)CCOC=O)C(=O)OCC. The number of carbonyl (C=O) groups is 7. The van der Waals surface area contributed by atoms with Gasteiger partial charge in [0.2, 0.25) is 17.7 Å². The molecule has 0 aliphatic heterocycles. The molecule has 0 aromatic carbocycles. The maximum Gasteiger partial charge on any atom is 0.328 e. The highest BCUT2D eigenvalue weighted by molar-refractivity contribution is 5.92. The first-order chi connectivity index (χ1) is 19.6. The standard InChI is InChI=1S/C25H43N5O11/c1-3-40-21(33)9-8-20(25(37)41-4-2)30-24(36)19(29-23(35)18(27)11-14-39-16-32)7-5-6-12-28-22(34)17(26)10-13-38-15-31/h15-20H,3-14,26-27H2,1-2H3,(H,28,34)(H,29,35)(H,30,36). The zero-order valence-electron chi connectivity index (χ0n) is 23.6. The Morgan fingerprint density at radius 3 is 1.83 bits per heavy atom. The van der Waals surface area contributed by atoms with Gasteiger partial charge in [-0.15, -0.1) is 0 Å². The van der Waals surface area contributed by atoms with Crippen LogP contribution in [0.1, 0.15) is 58.8 Å². The molecule has 7 N–H and O–H groups in total. The van der Waals surface area contributed by atoms with Gasteiger partial charge < -0.3 is 46.4 Å². The molecule has 0 aliphatic rings. The molecular weight excluding hydrogens is 546 g/mol. The van der Waals surface area contributed by atoms with E-state index in [0.29, 0.717) is 12.8 Å². The Kier molecular flexibility index (Phi) is 20.8. The smallest absolute Gasteiger partial charge is 0.328 e. The van der Waals surface area contributed by atoms with E-state index in [0.717, 1.165) is 0 Å². The highest BCUT2D eigenvalue weighted by Gasteiger charge is 2.29. The molecule has 0 aromatic heterocycles. The van der Waals surface area contributed by atoms with Crippen LogP contribution in [-0.4, -0.2) is 99.7 Å². The van der Waals surface area contributed by atoms with Crippen LogP contribution in [0.15, 0.2) is 0 Å². The second kappa shape index (κ2) is 23.0. The Bertz CT molecular complexity index is 843. The number of unbranched alkanes of at least 4 members (excludes halogenated alkanes) is 1. The van der Waals surface area contributed by atoms with Crippen LogP contribution in [0.2, 0.25) is 0 Å². The predicted octanol–water partition coefficient (Wildman–Crippen LogP) is -2.07. The van der Waals surface area contributed by atoms with Crippen LogP contribution in [0.4, 0.5) is 0 Å². The lowest BCUT2D eigenvalue weighted by molar-refractivity contribution is -0.149. The number of esters is 2. The number of ether oxygens (including phenoxy) is 4. The second-order valence-corrected chi connectivity index (χ2v) is 8.73. The van der Waals surface area contributed by atoms with Gasteiger partial charge >= 0.3 is 11.9 Å². The van der Waals surface area contributed by atoms with Crippen LogP contribution in [0, 0.1) is 0 Å². The molecule has 0 saturated carbocycles. The van der Waals surface area contributed by atoms with Crippen molar-refractivity contribution in [2.75, 3.05) is 33.0 Å². The minimum atomic E-state index is -1.18. The quantitative estimate of drug-likeness (QED) is 0.0352. The summed E-state index contributed by atoms with van der Waals surface area (Å²) in [5, 5.41) is 7.70. The lowest BCUT2D eigenvalue weighted by Crippen LogP contribution is -2.54. The average molecular weight is 590 g/mol. The lowest BCUT2D eigenvalue weighted by Gasteiger charge is -2.24. The molecule has 4 unspecified atom stereocenters.